The molecular weight excluding hydrogens is 550 g/mol. The number of aryl methyl sites for hydroxylation is 1. The molecular formula is C27H31N7O6S. The second-order valence-corrected chi connectivity index (χ2v) is 12.1. The van der Waals surface area contributed by atoms with Crippen molar-refractivity contribution < 1.29 is 19.0 Å². The third-order valence-electron chi connectivity index (χ3n) is 7.07. The molecule has 0 aliphatic carbocycles. The Bertz CT molecular complexity index is 1740. The summed E-state index contributed by atoms with van der Waals surface area (Å²) in [6, 6.07) is 7.08. The average molecular weight is 582 g/mol. The first kappa shape index (κ1) is 27.0. The van der Waals surface area contributed by atoms with E-state index >= 15 is 0 Å². The monoisotopic (exact) mass is 581 g/mol. The summed E-state index contributed by atoms with van der Waals surface area (Å²) in [5.74, 6) is 1.67. The zero-order chi connectivity index (χ0) is 28.9. The van der Waals surface area contributed by atoms with Crippen LogP contribution in [0.2, 0.25) is 0 Å². The number of nitrogens with zero attached hydrogens (tertiary/aromatic N) is 7. The Labute approximate surface area is 238 Å². The third-order valence-corrected chi connectivity index (χ3v) is 8.23. The van der Waals surface area contributed by atoms with Gasteiger partial charge in [0.25, 0.3) is 5.56 Å². The molecule has 2 aliphatic rings. The molecule has 216 valence electrons. The van der Waals surface area contributed by atoms with Gasteiger partial charge in [0.2, 0.25) is 6.79 Å². The molecule has 0 saturated carbocycles. The SMILES string of the molecule is CCn1nnc(Cn2c(=O)n(C3CCN(C(=O)OC(C)(C)C)CC3)c(=O)c3sc(-c4ccc5c(c4)OCO5)cc32)n1. The number of ether oxygens (including phenoxy) is 3. The predicted molar refractivity (Wildman–Crippen MR) is 151 cm³/mol. The quantitative estimate of drug-likeness (QED) is 0.348. The Morgan fingerprint density at radius 1 is 1.12 bits per heavy atom. The van der Waals surface area contributed by atoms with Crippen LogP contribution >= 0.6 is 11.3 Å². The average Bonchev–Trinajstić information content (AvgIpc) is 3.70. The fourth-order valence-electron chi connectivity index (χ4n) is 5.08. The van der Waals surface area contributed by atoms with Crippen LogP contribution in [-0.2, 0) is 17.8 Å². The first-order valence-electron chi connectivity index (χ1n) is 13.5. The van der Waals surface area contributed by atoms with Crippen molar-refractivity contribution in [2.45, 2.75) is 65.3 Å². The van der Waals surface area contributed by atoms with Crippen molar-refractivity contribution in [3.63, 3.8) is 0 Å². The molecule has 1 amide bonds. The number of likely N-dealkylation sites (tertiary alicyclic amines) is 1. The maximum atomic E-state index is 14.0. The van der Waals surface area contributed by atoms with Crippen LogP contribution in [0.1, 0.15) is 52.4 Å². The number of aromatic nitrogens is 6. The van der Waals surface area contributed by atoms with Crippen molar-refractivity contribution in [3.05, 3.63) is 50.9 Å². The lowest BCUT2D eigenvalue weighted by Crippen LogP contribution is -2.47. The Hall–Kier alpha value is -4.20. The van der Waals surface area contributed by atoms with Gasteiger partial charge >= 0.3 is 11.8 Å². The number of amides is 1. The number of benzene rings is 1. The standard InChI is InChI=1S/C27H31N7O6S/c1-5-33-29-22(28-30-33)14-32-18-13-21(16-6-7-19-20(12-16)39-15-38-19)41-23(18)24(35)34(25(32)36)17-8-10-31(11-9-17)26(37)40-27(2,3)4/h6-7,12-13,17H,5,8-11,14-15H2,1-4H3. The number of piperidine rings is 1. The molecule has 0 radical (unpaired) electrons. The summed E-state index contributed by atoms with van der Waals surface area (Å²) in [4.78, 5) is 44.4. The molecule has 1 saturated heterocycles. The maximum Gasteiger partial charge on any atom is 0.410 e. The van der Waals surface area contributed by atoms with E-state index in [2.05, 4.69) is 15.4 Å². The minimum Gasteiger partial charge on any atom is -0.454 e. The van der Waals surface area contributed by atoms with Gasteiger partial charge in [-0.1, -0.05) is 0 Å². The highest BCUT2D eigenvalue weighted by molar-refractivity contribution is 7.22. The van der Waals surface area contributed by atoms with Gasteiger partial charge < -0.3 is 19.1 Å². The fraction of sp³-hybridized carbons (Fsp3) is 0.481. The van der Waals surface area contributed by atoms with Crippen LogP contribution in [0.4, 0.5) is 4.79 Å². The lowest BCUT2D eigenvalue weighted by Gasteiger charge is -2.34. The van der Waals surface area contributed by atoms with Gasteiger partial charge in [0.1, 0.15) is 10.3 Å². The van der Waals surface area contributed by atoms with Crippen LogP contribution in [0.5, 0.6) is 11.5 Å². The lowest BCUT2D eigenvalue weighted by atomic mass is 10.1. The zero-order valence-electron chi connectivity index (χ0n) is 23.3. The first-order valence-corrected chi connectivity index (χ1v) is 14.4. The number of rotatable bonds is 5. The number of thiophene rings is 1. The molecule has 1 fully saturated rings. The summed E-state index contributed by atoms with van der Waals surface area (Å²) in [5, 5.41) is 12.5. The minimum absolute atomic E-state index is 0.0592. The second kappa shape index (κ2) is 10.3. The van der Waals surface area contributed by atoms with Crippen molar-refractivity contribution in [1.29, 1.82) is 0 Å². The molecule has 0 atom stereocenters. The molecule has 0 spiro atoms. The molecule has 6 rings (SSSR count). The molecule has 14 heteroatoms. The number of carbonyl (C=O) groups is 1. The molecule has 3 aromatic heterocycles. The van der Waals surface area contributed by atoms with Gasteiger partial charge in [-0.25, -0.2) is 9.59 Å². The van der Waals surface area contributed by atoms with Crippen LogP contribution in [0.25, 0.3) is 20.7 Å². The van der Waals surface area contributed by atoms with Gasteiger partial charge in [-0.05, 0) is 75.6 Å². The zero-order valence-corrected chi connectivity index (χ0v) is 24.1. The van der Waals surface area contributed by atoms with Gasteiger partial charge in [-0.2, -0.15) is 4.80 Å². The summed E-state index contributed by atoms with van der Waals surface area (Å²) in [7, 11) is 0. The van der Waals surface area contributed by atoms with Crippen molar-refractivity contribution in [3.8, 4) is 21.9 Å². The van der Waals surface area contributed by atoms with E-state index in [1.165, 1.54) is 20.7 Å². The summed E-state index contributed by atoms with van der Waals surface area (Å²) in [6.07, 6.45) is 0.502. The fourth-order valence-corrected chi connectivity index (χ4v) is 6.17. The van der Waals surface area contributed by atoms with E-state index < -0.39 is 17.4 Å². The number of hydrogen-bond donors (Lipinski definition) is 0. The highest BCUT2D eigenvalue weighted by Crippen LogP contribution is 2.39. The molecule has 13 nitrogen and oxygen atoms in total. The molecule has 1 aromatic carbocycles. The van der Waals surface area contributed by atoms with Crippen LogP contribution in [0.15, 0.2) is 33.9 Å². The topological polar surface area (TPSA) is 136 Å². The third kappa shape index (κ3) is 5.19. The van der Waals surface area contributed by atoms with E-state index in [0.717, 1.165) is 10.4 Å². The van der Waals surface area contributed by atoms with Crippen molar-refractivity contribution in [1.82, 2.24) is 34.2 Å². The van der Waals surface area contributed by atoms with Crippen molar-refractivity contribution >= 4 is 27.6 Å². The Kier molecular flexibility index (Phi) is 6.80. The highest BCUT2D eigenvalue weighted by atomic mass is 32.1. The number of fused-ring (bicyclic) bond motifs is 2. The van der Waals surface area contributed by atoms with Gasteiger partial charge in [0.05, 0.1) is 18.6 Å². The summed E-state index contributed by atoms with van der Waals surface area (Å²) >= 11 is 1.32. The van der Waals surface area contributed by atoms with Gasteiger partial charge in [0, 0.05) is 24.0 Å². The van der Waals surface area contributed by atoms with Gasteiger partial charge in [0.15, 0.2) is 17.3 Å². The van der Waals surface area contributed by atoms with Crippen LogP contribution in [0, 0.1) is 0 Å². The lowest BCUT2D eigenvalue weighted by molar-refractivity contribution is 0.0186. The largest absolute Gasteiger partial charge is 0.454 e. The molecule has 4 aromatic rings. The van der Waals surface area contributed by atoms with Crippen LogP contribution < -0.4 is 20.7 Å². The van der Waals surface area contributed by atoms with Gasteiger partial charge in [-0.15, -0.1) is 21.5 Å². The Balaban J connectivity index is 1.40. The van der Waals surface area contributed by atoms with E-state index in [1.807, 2.05) is 52.0 Å². The Morgan fingerprint density at radius 2 is 1.88 bits per heavy atom. The summed E-state index contributed by atoms with van der Waals surface area (Å²) < 4.78 is 19.8. The van der Waals surface area contributed by atoms with E-state index in [4.69, 9.17) is 14.2 Å². The van der Waals surface area contributed by atoms with Gasteiger partial charge in [-0.3, -0.25) is 13.9 Å². The normalized spacial score (nSPS) is 15.6. The molecule has 41 heavy (non-hydrogen) atoms. The Morgan fingerprint density at radius 3 is 2.59 bits per heavy atom. The second-order valence-electron chi connectivity index (χ2n) is 11.0. The summed E-state index contributed by atoms with van der Waals surface area (Å²) in [5.41, 5.74) is -0.0408. The van der Waals surface area contributed by atoms with E-state index in [1.54, 1.807) is 9.47 Å². The smallest absolute Gasteiger partial charge is 0.410 e. The molecule has 2 aliphatic heterocycles. The predicted octanol–water partition coefficient (Wildman–Crippen LogP) is 3.25. The number of carbonyl (C=O) groups excluding carboxylic acids is 1. The van der Waals surface area contributed by atoms with Crippen molar-refractivity contribution in [2.24, 2.45) is 0 Å². The minimum atomic E-state index is -0.605. The molecule has 0 bridgehead atoms. The first-order chi connectivity index (χ1) is 19.6. The maximum absolute atomic E-state index is 14.0. The molecule has 0 unspecified atom stereocenters. The van der Waals surface area contributed by atoms with Crippen LogP contribution in [0.3, 0.4) is 0 Å². The molecule has 0 N–H and O–H groups in total. The highest BCUT2D eigenvalue weighted by Gasteiger charge is 2.30. The number of hydrogen-bond acceptors (Lipinski definition) is 10. The number of tetrazole rings is 1. The van der Waals surface area contributed by atoms with E-state index in [9.17, 15) is 14.4 Å². The summed E-state index contributed by atoms with van der Waals surface area (Å²) in [6.45, 7) is 8.88. The van der Waals surface area contributed by atoms with E-state index in [-0.39, 0.29) is 24.9 Å². The van der Waals surface area contributed by atoms with Crippen LogP contribution in [-0.4, -0.2) is 65.8 Å². The molecule has 5 heterocycles. The van der Waals surface area contributed by atoms with E-state index in [0.29, 0.717) is 60.0 Å². The van der Waals surface area contributed by atoms with Crippen molar-refractivity contribution in [2.75, 3.05) is 19.9 Å².